The van der Waals surface area contributed by atoms with Crippen LogP contribution >= 0.6 is 0 Å². The Morgan fingerprint density at radius 3 is 1.25 bits per heavy atom. The molecule has 5 N–H and O–H groups in total. The minimum atomic E-state index is -0.443. The summed E-state index contributed by atoms with van der Waals surface area (Å²) in [5, 5.41) is 49.4. The van der Waals surface area contributed by atoms with E-state index in [2.05, 4.69) is 24.5 Å². The van der Waals surface area contributed by atoms with Crippen LogP contribution in [0.25, 0.3) is 0 Å². The molecule has 1 heterocycles. The highest BCUT2D eigenvalue weighted by Gasteiger charge is 2.20. The SMILES string of the molecule is CCC(O)CN(CCN1CCN(CCN(CCN(CC(C)O)CC(C)O)CC(C)O)CC1)CC(C)O. The highest BCUT2D eigenvalue weighted by atomic mass is 16.3. The Morgan fingerprint density at radius 2 is 0.861 bits per heavy atom. The van der Waals surface area contributed by atoms with Gasteiger partial charge in [-0.15, -0.1) is 0 Å². The molecule has 5 unspecified atom stereocenters. The van der Waals surface area contributed by atoms with Gasteiger partial charge in [0.2, 0.25) is 0 Å². The predicted octanol–water partition coefficient (Wildman–Crippen LogP) is -1.20. The number of aliphatic hydroxyl groups is 5. The summed E-state index contributed by atoms with van der Waals surface area (Å²) in [5.74, 6) is 0. The van der Waals surface area contributed by atoms with Crippen LogP contribution in [0.5, 0.6) is 0 Å². The van der Waals surface area contributed by atoms with E-state index in [1.165, 1.54) is 0 Å². The van der Waals surface area contributed by atoms with Gasteiger partial charge in [0.25, 0.3) is 0 Å². The zero-order valence-corrected chi connectivity index (χ0v) is 23.7. The van der Waals surface area contributed by atoms with E-state index in [0.717, 1.165) is 71.9 Å². The number of nitrogens with zero attached hydrogens (tertiary/aromatic N) is 5. The van der Waals surface area contributed by atoms with Crippen LogP contribution in [0.3, 0.4) is 0 Å². The van der Waals surface area contributed by atoms with E-state index < -0.39 is 24.4 Å². The Bertz CT molecular complexity index is 523. The summed E-state index contributed by atoms with van der Waals surface area (Å²) in [6.07, 6.45) is -1.32. The molecular formula is C26H57N5O5. The van der Waals surface area contributed by atoms with Crippen molar-refractivity contribution in [3.8, 4) is 0 Å². The molecule has 0 aromatic carbocycles. The molecule has 0 aromatic rings. The second-order valence-corrected chi connectivity index (χ2v) is 11.0. The van der Waals surface area contributed by atoms with Crippen LogP contribution in [0.1, 0.15) is 41.0 Å². The van der Waals surface area contributed by atoms with E-state index >= 15 is 0 Å². The topological polar surface area (TPSA) is 117 Å². The summed E-state index contributed by atoms with van der Waals surface area (Å²) in [7, 11) is 0. The Hall–Kier alpha value is -0.400. The fraction of sp³-hybridized carbons (Fsp3) is 1.00. The molecule has 216 valence electrons. The predicted molar refractivity (Wildman–Crippen MR) is 145 cm³/mol. The fourth-order valence-electron chi connectivity index (χ4n) is 4.82. The molecule has 10 nitrogen and oxygen atoms in total. The van der Waals surface area contributed by atoms with E-state index in [9.17, 15) is 25.5 Å². The molecule has 1 aliphatic heterocycles. The third-order valence-electron chi connectivity index (χ3n) is 6.69. The van der Waals surface area contributed by atoms with Crippen LogP contribution in [0.2, 0.25) is 0 Å². The first-order valence-corrected chi connectivity index (χ1v) is 14.0. The van der Waals surface area contributed by atoms with Crippen LogP contribution in [0.4, 0.5) is 0 Å². The smallest absolute Gasteiger partial charge is 0.0664 e. The molecule has 5 atom stereocenters. The lowest BCUT2D eigenvalue weighted by Crippen LogP contribution is -2.51. The normalized spacial score (nSPS) is 20.2. The second kappa shape index (κ2) is 18.8. The molecule has 1 rings (SSSR count). The summed E-state index contributed by atoms with van der Waals surface area (Å²) in [6, 6.07) is 0. The summed E-state index contributed by atoms with van der Waals surface area (Å²) in [4.78, 5) is 11.5. The molecule has 0 amide bonds. The van der Waals surface area contributed by atoms with E-state index in [4.69, 9.17) is 0 Å². The van der Waals surface area contributed by atoms with Crippen molar-refractivity contribution in [2.75, 3.05) is 98.2 Å². The van der Waals surface area contributed by atoms with E-state index in [1.54, 1.807) is 20.8 Å². The molecule has 1 aliphatic rings. The minimum absolute atomic E-state index is 0.351. The van der Waals surface area contributed by atoms with Gasteiger partial charge < -0.3 is 25.5 Å². The van der Waals surface area contributed by atoms with Crippen LogP contribution in [-0.2, 0) is 0 Å². The summed E-state index contributed by atoms with van der Waals surface area (Å²) in [6.45, 7) is 21.1. The molecule has 1 fully saturated rings. The zero-order valence-electron chi connectivity index (χ0n) is 23.7. The van der Waals surface area contributed by atoms with E-state index in [0.29, 0.717) is 32.7 Å². The lowest BCUT2D eigenvalue weighted by molar-refractivity contribution is 0.0548. The minimum Gasteiger partial charge on any atom is -0.392 e. The Balaban J connectivity index is 2.45. The molecule has 0 radical (unpaired) electrons. The fourth-order valence-corrected chi connectivity index (χ4v) is 4.82. The van der Waals surface area contributed by atoms with Crippen molar-refractivity contribution in [1.82, 2.24) is 24.5 Å². The first-order valence-electron chi connectivity index (χ1n) is 14.0. The maximum absolute atomic E-state index is 10.0. The quantitative estimate of drug-likeness (QED) is 0.134. The largest absolute Gasteiger partial charge is 0.392 e. The maximum atomic E-state index is 10.0. The standard InChI is InChI=1S/C26H57N5O5/c1-6-26(36)21-31(20-25(5)35)15-12-28-9-7-27(8-10-28)11-13-29(17-22(2)32)14-16-30(18-23(3)33)19-24(4)34/h22-26,32-36H,6-21H2,1-5H3. The lowest BCUT2D eigenvalue weighted by Gasteiger charge is -2.37. The lowest BCUT2D eigenvalue weighted by atomic mass is 10.2. The van der Waals surface area contributed by atoms with Crippen LogP contribution in [-0.4, -0.2) is 179 Å². The highest BCUT2D eigenvalue weighted by Crippen LogP contribution is 2.06. The number of rotatable bonds is 20. The van der Waals surface area contributed by atoms with E-state index in [1.807, 2.05) is 13.8 Å². The molecule has 36 heavy (non-hydrogen) atoms. The summed E-state index contributed by atoms with van der Waals surface area (Å²) < 4.78 is 0. The van der Waals surface area contributed by atoms with Crippen molar-refractivity contribution in [2.45, 2.75) is 71.6 Å². The average Bonchev–Trinajstić information content (AvgIpc) is 2.78. The maximum Gasteiger partial charge on any atom is 0.0664 e. The molecule has 10 heteroatoms. The zero-order chi connectivity index (χ0) is 27.1. The Labute approximate surface area is 220 Å². The van der Waals surface area contributed by atoms with Crippen LogP contribution in [0.15, 0.2) is 0 Å². The number of hydrogen-bond donors (Lipinski definition) is 5. The van der Waals surface area contributed by atoms with Gasteiger partial charge in [0.1, 0.15) is 0 Å². The molecule has 0 saturated carbocycles. The van der Waals surface area contributed by atoms with Gasteiger partial charge in [-0.25, -0.2) is 0 Å². The van der Waals surface area contributed by atoms with Gasteiger partial charge in [-0.1, -0.05) is 6.92 Å². The summed E-state index contributed by atoms with van der Waals surface area (Å²) >= 11 is 0. The molecule has 1 saturated heterocycles. The summed E-state index contributed by atoms with van der Waals surface area (Å²) in [5.41, 5.74) is 0. The molecule has 0 spiro atoms. The number of hydrogen-bond acceptors (Lipinski definition) is 10. The van der Waals surface area contributed by atoms with Crippen molar-refractivity contribution in [2.24, 2.45) is 0 Å². The van der Waals surface area contributed by atoms with Crippen molar-refractivity contribution in [1.29, 1.82) is 0 Å². The average molecular weight is 520 g/mol. The third-order valence-corrected chi connectivity index (χ3v) is 6.69. The Kier molecular flexibility index (Phi) is 17.5. The van der Waals surface area contributed by atoms with Crippen LogP contribution in [0, 0.1) is 0 Å². The van der Waals surface area contributed by atoms with Crippen LogP contribution < -0.4 is 0 Å². The first kappa shape index (κ1) is 33.6. The van der Waals surface area contributed by atoms with Crippen molar-refractivity contribution in [3.63, 3.8) is 0 Å². The van der Waals surface area contributed by atoms with E-state index in [-0.39, 0.29) is 6.10 Å². The highest BCUT2D eigenvalue weighted by molar-refractivity contribution is 4.76. The van der Waals surface area contributed by atoms with Gasteiger partial charge in [0, 0.05) is 98.2 Å². The van der Waals surface area contributed by atoms with Crippen molar-refractivity contribution in [3.05, 3.63) is 0 Å². The van der Waals surface area contributed by atoms with Gasteiger partial charge >= 0.3 is 0 Å². The number of aliphatic hydroxyl groups excluding tert-OH is 5. The molecular weight excluding hydrogens is 462 g/mol. The van der Waals surface area contributed by atoms with Crippen molar-refractivity contribution >= 4 is 0 Å². The first-order chi connectivity index (χ1) is 17.0. The Morgan fingerprint density at radius 1 is 0.528 bits per heavy atom. The van der Waals surface area contributed by atoms with Gasteiger partial charge in [-0.3, -0.25) is 24.5 Å². The van der Waals surface area contributed by atoms with Gasteiger partial charge in [-0.2, -0.15) is 0 Å². The van der Waals surface area contributed by atoms with Gasteiger partial charge in [0.15, 0.2) is 0 Å². The second-order valence-electron chi connectivity index (χ2n) is 11.0. The monoisotopic (exact) mass is 519 g/mol. The van der Waals surface area contributed by atoms with Gasteiger partial charge in [0.05, 0.1) is 30.5 Å². The molecule has 0 aromatic heterocycles. The molecule has 0 bridgehead atoms. The number of piperazine rings is 1. The van der Waals surface area contributed by atoms with Crippen molar-refractivity contribution < 1.29 is 25.5 Å². The van der Waals surface area contributed by atoms with Gasteiger partial charge in [-0.05, 0) is 34.1 Å². The third kappa shape index (κ3) is 16.4. The molecule has 0 aliphatic carbocycles.